The number of carbonyl (C=O) groups is 1. The van der Waals surface area contributed by atoms with E-state index in [1.807, 2.05) is 6.07 Å². The van der Waals surface area contributed by atoms with Crippen LogP contribution >= 0.6 is 0 Å². The van der Waals surface area contributed by atoms with Gasteiger partial charge in [-0.05, 0) is 18.9 Å². The normalized spacial score (nSPS) is 16.2. The Morgan fingerprint density at radius 1 is 1.50 bits per heavy atom. The lowest BCUT2D eigenvalue weighted by atomic mass is 10.0. The summed E-state index contributed by atoms with van der Waals surface area (Å²) in [5.74, 6) is 0.0232. The Morgan fingerprint density at radius 3 is 2.94 bits per heavy atom. The number of nitrogens with one attached hydrogen (secondary N) is 1. The maximum atomic E-state index is 10.4. The molecule has 2 N–H and O–H groups in total. The maximum Gasteiger partial charge on any atom is 0.322 e. The number of carboxylic acids is 1. The highest BCUT2D eigenvalue weighted by Gasteiger charge is 2.18. The predicted molar refractivity (Wildman–Crippen MR) is 59.4 cm³/mol. The molecule has 0 aromatic carbocycles. The fourth-order valence-electron chi connectivity index (χ4n) is 2.06. The van der Waals surface area contributed by atoms with Gasteiger partial charge in [0.15, 0.2) is 0 Å². The average molecular weight is 221 g/mol. The lowest BCUT2D eigenvalue weighted by molar-refractivity contribution is -0.134. The van der Waals surface area contributed by atoms with Crippen LogP contribution in [-0.2, 0) is 4.79 Å². The molecule has 0 atom stereocenters. The molecule has 1 aliphatic carbocycles. The molecule has 0 amide bonds. The number of hydrogen-bond donors (Lipinski definition) is 2. The smallest absolute Gasteiger partial charge is 0.322 e. The molecule has 0 aliphatic heterocycles. The number of rotatable bonds is 4. The Balaban J connectivity index is 2.03. The van der Waals surface area contributed by atoms with E-state index in [-0.39, 0.29) is 6.54 Å². The molecular weight excluding hydrogens is 206 g/mol. The highest BCUT2D eigenvalue weighted by molar-refractivity contribution is 5.71. The van der Waals surface area contributed by atoms with Crippen molar-refractivity contribution in [2.45, 2.75) is 31.6 Å². The molecule has 1 fully saturated rings. The van der Waals surface area contributed by atoms with E-state index in [0.717, 1.165) is 5.69 Å². The number of aromatic nitrogens is 2. The molecular formula is C11H15N3O2. The van der Waals surface area contributed by atoms with E-state index in [4.69, 9.17) is 5.11 Å². The van der Waals surface area contributed by atoms with Gasteiger partial charge in [0, 0.05) is 17.8 Å². The number of nitrogens with zero attached hydrogens (tertiary/aromatic N) is 2. The summed E-state index contributed by atoms with van der Waals surface area (Å²) in [7, 11) is 0. The van der Waals surface area contributed by atoms with E-state index in [2.05, 4.69) is 15.3 Å². The second kappa shape index (κ2) is 4.92. The zero-order valence-electron chi connectivity index (χ0n) is 9.02. The lowest BCUT2D eigenvalue weighted by Gasteiger charge is -2.09. The van der Waals surface area contributed by atoms with Crippen LogP contribution in [0.1, 0.15) is 37.3 Å². The van der Waals surface area contributed by atoms with Crippen molar-refractivity contribution < 1.29 is 9.90 Å². The molecule has 0 spiro atoms. The van der Waals surface area contributed by atoms with E-state index in [1.54, 1.807) is 6.20 Å². The molecule has 2 rings (SSSR count). The van der Waals surface area contributed by atoms with Crippen LogP contribution in [0.3, 0.4) is 0 Å². The highest BCUT2D eigenvalue weighted by Crippen LogP contribution is 2.32. The summed E-state index contributed by atoms with van der Waals surface area (Å²) in [4.78, 5) is 18.7. The summed E-state index contributed by atoms with van der Waals surface area (Å²) in [5, 5.41) is 11.2. The lowest BCUT2D eigenvalue weighted by Crippen LogP contribution is -2.14. The summed E-state index contributed by atoms with van der Waals surface area (Å²) < 4.78 is 0. The van der Waals surface area contributed by atoms with Crippen molar-refractivity contribution in [2.24, 2.45) is 0 Å². The first-order chi connectivity index (χ1) is 7.75. The standard InChI is InChI=1S/C11H15N3O2/c15-10(16)7-13-11-12-6-5-9(14-11)8-3-1-2-4-8/h5-6,8H,1-4,7H2,(H,15,16)(H,12,13,14). The Morgan fingerprint density at radius 2 is 2.25 bits per heavy atom. The fraction of sp³-hybridized carbons (Fsp3) is 0.545. The van der Waals surface area contributed by atoms with E-state index in [0.29, 0.717) is 11.9 Å². The van der Waals surface area contributed by atoms with Crippen molar-refractivity contribution >= 4 is 11.9 Å². The zero-order valence-corrected chi connectivity index (χ0v) is 9.02. The fourth-order valence-corrected chi connectivity index (χ4v) is 2.06. The molecule has 0 unspecified atom stereocenters. The first kappa shape index (κ1) is 10.9. The molecule has 0 saturated heterocycles. The van der Waals surface area contributed by atoms with Crippen LogP contribution in [0.25, 0.3) is 0 Å². The van der Waals surface area contributed by atoms with Gasteiger partial charge in [0.1, 0.15) is 6.54 Å². The van der Waals surface area contributed by atoms with Crippen molar-refractivity contribution in [3.8, 4) is 0 Å². The van der Waals surface area contributed by atoms with Crippen LogP contribution in [0.4, 0.5) is 5.95 Å². The first-order valence-corrected chi connectivity index (χ1v) is 5.54. The van der Waals surface area contributed by atoms with Gasteiger partial charge in [0.05, 0.1) is 0 Å². The minimum Gasteiger partial charge on any atom is -0.480 e. The average Bonchev–Trinajstić information content (AvgIpc) is 2.80. The van der Waals surface area contributed by atoms with Gasteiger partial charge in [-0.2, -0.15) is 0 Å². The van der Waals surface area contributed by atoms with Crippen LogP contribution in [0, 0.1) is 0 Å². The van der Waals surface area contributed by atoms with Crippen molar-refractivity contribution in [3.05, 3.63) is 18.0 Å². The van der Waals surface area contributed by atoms with Crippen LogP contribution < -0.4 is 5.32 Å². The van der Waals surface area contributed by atoms with Crippen LogP contribution in [0.5, 0.6) is 0 Å². The Kier molecular flexibility index (Phi) is 3.34. The molecule has 5 heteroatoms. The molecule has 86 valence electrons. The molecule has 16 heavy (non-hydrogen) atoms. The first-order valence-electron chi connectivity index (χ1n) is 5.54. The SMILES string of the molecule is O=C(O)CNc1nccc(C2CCCC2)n1. The molecule has 1 aliphatic rings. The predicted octanol–water partition coefficient (Wildman–Crippen LogP) is 1.63. The monoisotopic (exact) mass is 221 g/mol. The Hall–Kier alpha value is -1.65. The van der Waals surface area contributed by atoms with Gasteiger partial charge < -0.3 is 10.4 Å². The van der Waals surface area contributed by atoms with Gasteiger partial charge in [-0.3, -0.25) is 4.79 Å². The quantitative estimate of drug-likeness (QED) is 0.808. The third kappa shape index (κ3) is 2.68. The van der Waals surface area contributed by atoms with E-state index in [9.17, 15) is 4.79 Å². The Bertz CT molecular complexity index is 375. The molecule has 1 aromatic rings. The molecule has 0 bridgehead atoms. The highest BCUT2D eigenvalue weighted by atomic mass is 16.4. The summed E-state index contributed by atoms with van der Waals surface area (Å²) >= 11 is 0. The van der Waals surface area contributed by atoms with E-state index < -0.39 is 5.97 Å². The largest absolute Gasteiger partial charge is 0.480 e. The van der Waals surface area contributed by atoms with Crippen molar-refractivity contribution in [1.82, 2.24) is 9.97 Å². The molecule has 1 heterocycles. The summed E-state index contributed by atoms with van der Waals surface area (Å²) in [5.41, 5.74) is 1.03. The summed E-state index contributed by atoms with van der Waals surface area (Å²) in [6.45, 7) is -0.145. The maximum absolute atomic E-state index is 10.4. The van der Waals surface area contributed by atoms with Crippen LogP contribution in [0.2, 0.25) is 0 Å². The summed E-state index contributed by atoms with van der Waals surface area (Å²) in [6.07, 6.45) is 6.55. The number of hydrogen-bond acceptors (Lipinski definition) is 4. The number of anilines is 1. The van der Waals surface area contributed by atoms with Gasteiger partial charge in [-0.15, -0.1) is 0 Å². The molecule has 1 aromatic heterocycles. The van der Waals surface area contributed by atoms with Gasteiger partial charge in [0.2, 0.25) is 5.95 Å². The topological polar surface area (TPSA) is 75.1 Å². The van der Waals surface area contributed by atoms with Crippen LogP contribution in [-0.4, -0.2) is 27.6 Å². The Labute approximate surface area is 93.9 Å². The van der Waals surface area contributed by atoms with E-state index >= 15 is 0 Å². The molecule has 1 saturated carbocycles. The van der Waals surface area contributed by atoms with E-state index in [1.165, 1.54) is 25.7 Å². The number of carboxylic acid groups (broad SMARTS) is 1. The van der Waals surface area contributed by atoms with Crippen molar-refractivity contribution in [2.75, 3.05) is 11.9 Å². The summed E-state index contributed by atoms with van der Waals surface area (Å²) in [6, 6.07) is 1.92. The number of aliphatic carboxylic acids is 1. The molecule has 5 nitrogen and oxygen atoms in total. The van der Waals surface area contributed by atoms with Gasteiger partial charge in [-0.25, -0.2) is 9.97 Å². The third-order valence-corrected chi connectivity index (χ3v) is 2.85. The molecule has 0 radical (unpaired) electrons. The second-order valence-corrected chi connectivity index (χ2v) is 4.03. The van der Waals surface area contributed by atoms with Gasteiger partial charge in [0.25, 0.3) is 0 Å². The minimum atomic E-state index is -0.908. The van der Waals surface area contributed by atoms with Gasteiger partial charge >= 0.3 is 5.97 Å². The minimum absolute atomic E-state index is 0.145. The third-order valence-electron chi connectivity index (χ3n) is 2.85. The van der Waals surface area contributed by atoms with Crippen molar-refractivity contribution in [1.29, 1.82) is 0 Å². The zero-order chi connectivity index (χ0) is 11.4. The van der Waals surface area contributed by atoms with Crippen molar-refractivity contribution in [3.63, 3.8) is 0 Å². The second-order valence-electron chi connectivity index (χ2n) is 4.03. The van der Waals surface area contributed by atoms with Crippen LogP contribution in [0.15, 0.2) is 12.3 Å². The van der Waals surface area contributed by atoms with Gasteiger partial charge in [-0.1, -0.05) is 12.8 Å².